The summed E-state index contributed by atoms with van der Waals surface area (Å²) in [5.41, 5.74) is 1.05. The third-order valence-corrected chi connectivity index (χ3v) is 3.20. The maximum atomic E-state index is 11.9. The fourth-order valence-electron chi connectivity index (χ4n) is 2.25. The van der Waals surface area contributed by atoms with E-state index in [9.17, 15) is 9.90 Å². The van der Waals surface area contributed by atoms with Crippen molar-refractivity contribution in [3.05, 3.63) is 30.1 Å². The number of carbonyl (C=O) groups excluding carboxylic acids is 1. The van der Waals surface area contributed by atoms with E-state index < -0.39 is 6.04 Å². The third-order valence-electron chi connectivity index (χ3n) is 3.20. The molecule has 0 bridgehead atoms. The Balaban J connectivity index is 2.13. The third kappa shape index (κ3) is 3.05. The zero-order valence-corrected chi connectivity index (χ0v) is 10.5. The van der Waals surface area contributed by atoms with Gasteiger partial charge in [-0.1, -0.05) is 13.0 Å². The van der Waals surface area contributed by atoms with Crippen LogP contribution in [0.4, 0.5) is 0 Å². The van der Waals surface area contributed by atoms with Crippen molar-refractivity contribution < 1.29 is 9.90 Å². The lowest BCUT2D eigenvalue weighted by Gasteiger charge is -2.27. The standard InChI is InChI=1S/C13H19N3O2/c1-10-5-15-13(18)12(9-17)16(7-10)8-11-3-2-4-14-6-11/h2-4,6,10,12,17H,5,7-9H2,1H3,(H,15,18). The first-order valence-corrected chi connectivity index (χ1v) is 6.22. The van der Waals surface area contributed by atoms with Crippen molar-refractivity contribution in [3.8, 4) is 0 Å². The monoisotopic (exact) mass is 249 g/mol. The summed E-state index contributed by atoms with van der Waals surface area (Å²) >= 11 is 0. The van der Waals surface area contributed by atoms with Crippen molar-refractivity contribution in [2.45, 2.75) is 19.5 Å². The van der Waals surface area contributed by atoms with Crippen molar-refractivity contribution in [1.82, 2.24) is 15.2 Å². The molecule has 0 spiro atoms. The number of carbonyl (C=O) groups is 1. The molecule has 1 amide bonds. The molecule has 5 heteroatoms. The first-order chi connectivity index (χ1) is 8.70. The van der Waals surface area contributed by atoms with Crippen LogP contribution in [0.5, 0.6) is 0 Å². The Morgan fingerprint density at radius 3 is 3.11 bits per heavy atom. The molecule has 0 saturated carbocycles. The maximum Gasteiger partial charge on any atom is 0.239 e. The van der Waals surface area contributed by atoms with Gasteiger partial charge >= 0.3 is 0 Å². The molecule has 2 unspecified atom stereocenters. The Morgan fingerprint density at radius 2 is 2.44 bits per heavy atom. The number of aliphatic hydroxyl groups excluding tert-OH is 1. The van der Waals surface area contributed by atoms with Crippen LogP contribution >= 0.6 is 0 Å². The van der Waals surface area contributed by atoms with Crippen LogP contribution in [0.25, 0.3) is 0 Å². The van der Waals surface area contributed by atoms with Crippen molar-refractivity contribution in [1.29, 1.82) is 0 Å². The minimum Gasteiger partial charge on any atom is -0.394 e. The number of amides is 1. The molecule has 2 atom stereocenters. The second kappa shape index (κ2) is 5.93. The number of nitrogens with one attached hydrogen (secondary N) is 1. The highest BCUT2D eigenvalue weighted by Gasteiger charge is 2.29. The van der Waals surface area contributed by atoms with Crippen LogP contribution in [0.2, 0.25) is 0 Å². The minimum atomic E-state index is -0.463. The zero-order valence-electron chi connectivity index (χ0n) is 10.5. The highest BCUT2D eigenvalue weighted by atomic mass is 16.3. The van der Waals surface area contributed by atoms with E-state index >= 15 is 0 Å². The number of pyridine rings is 1. The second-order valence-corrected chi connectivity index (χ2v) is 4.84. The largest absolute Gasteiger partial charge is 0.394 e. The fourth-order valence-corrected chi connectivity index (χ4v) is 2.25. The summed E-state index contributed by atoms with van der Waals surface area (Å²) in [6.45, 7) is 4.03. The molecule has 2 rings (SSSR count). The molecule has 2 N–H and O–H groups in total. The van der Waals surface area contributed by atoms with Gasteiger partial charge in [0.2, 0.25) is 5.91 Å². The van der Waals surface area contributed by atoms with Gasteiger partial charge < -0.3 is 10.4 Å². The first-order valence-electron chi connectivity index (χ1n) is 6.22. The Morgan fingerprint density at radius 1 is 1.61 bits per heavy atom. The normalized spacial score (nSPS) is 25.6. The van der Waals surface area contributed by atoms with Crippen molar-refractivity contribution >= 4 is 5.91 Å². The van der Waals surface area contributed by atoms with E-state index in [1.165, 1.54) is 0 Å². The maximum absolute atomic E-state index is 11.9. The molecule has 1 aromatic rings. The van der Waals surface area contributed by atoms with E-state index in [4.69, 9.17) is 0 Å². The van der Waals surface area contributed by atoms with E-state index in [0.717, 1.165) is 12.1 Å². The van der Waals surface area contributed by atoms with E-state index in [0.29, 0.717) is 19.0 Å². The fraction of sp³-hybridized carbons (Fsp3) is 0.538. The molecule has 5 nitrogen and oxygen atoms in total. The van der Waals surface area contributed by atoms with Crippen molar-refractivity contribution in [2.75, 3.05) is 19.7 Å². The summed E-state index contributed by atoms with van der Waals surface area (Å²) in [6.07, 6.45) is 3.52. The van der Waals surface area contributed by atoms with Gasteiger partial charge in [0, 0.05) is 32.0 Å². The Bertz CT molecular complexity index is 396. The Hall–Kier alpha value is -1.46. The molecular weight excluding hydrogens is 230 g/mol. The molecule has 18 heavy (non-hydrogen) atoms. The average molecular weight is 249 g/mol. The van der Waals surface area contributed by atoms with Crippen LogP contribution in [-0.4, -0.2) is 46.6 Å². The molecule has 0 aromatic carbocycles. The number of hydrogen-bond acceptors (Lipinski definition) is 4. The van der Waals surface area contributed by atoms with Gasteiger partial charge in [-0.25, -0.2) is 0 Å². The molecule has 1 aliphatic rings. The molecule has 1 fully saturated rings. The summed E-state index contributed by atoms with van der Waals surface area (Å²) in [6, 6.07) is 3.40. The van der Waals surface area contributed by atoms with Gasteiger partial charge in [0.25, 0.3) is 0 Å². The number of aliphatic hydroxyl groups is 1. The number of nitrogens with zero attached hydrogens (tertiary/aromatic N) is 2. The summed E-state index contributed by atoms with van der Waals surface area (Å²) in [5, 5.41) is 12.3. The van der Waals surface area contributed by atoms with Gasteiger partial charge in [0.05, 0.1) is 6.61 Å². The molecule has 2 heterocycles. The highest BCUT2D eigenvalue weighted by Crippen LogP contribution is 2.13. The molecule has 0 aliphatic carbocycles. The van der Waals surface area contributed by atoms with Crippen LogP contribution in [0.15, 0.2) is 24.5 Å². The van der Waals surface area contributed by atoms with E-state index in [1.54, 1.807) is 12.4 Å². The van der Waals surface area contributed by atoms with Crippen LogP contribution < -0.4 is 5.32 Å². The van der Waals surface area contributed by atoms with Crippen molar-refractivity contribution in [2.24, 2.45) is 5.92 Å². The van der Waals surface area contributed by atoms with Crippen molar-refractivity contribution in [3.63, 3.8) is 0 Å². The highest BCUT2D eigenvalue weighted by molar-refractivity contribution is 5.82. The Labute approximate surface area is 107 Å². The van der Waals surface area contributed by atoms with Gasteiger partial charge in [0.15, 0.2) is 0 Å². The molecule has 1 aromatic heterocycles. The SMILES string of the molecule is CC1CNC(=O)C(CO)N(Cc2cccnc2)C1. The quantitative estimate of drug-likeness (QED) is 0.792. The summed E-state index contributed by atoms with van der Waals surface area (Å²) in [7, 11) is 0. The average Bonchev–Trinajstić information content (AvgIpc) is 2.50. The summed E-state index contributed by atoms with van der Waals surface area (Å²) in [5.74, 6) is 0.285. The lowest BCUT2D eigenvalue weighted by molar-refractivity contribution is -0.127. The topological polar surface area (TPSA) is 65.5 Å². The van der Waals surface area contributed by atoms with Gasteiger partial charge in [-0.2, -0.15) is 0 Å². The smallest absolute Gasteiger partial charge is 0.239 e. The van der Waals surface area contributed by atoms with Crippen LogP contribution in [0, 0.1) is 5.92 Å². The van der Waals surface area contributed by atoms with Crippen LogP contribution in [0.3, 0.4) is 0 Å². The van der Waals surface area contributed by atoms with E-state index in [-0.39, 0.29) is 12.5 Å². The van der Waals surface area contributed by atoms with Crippen LogP contribution in [0.1, 0.15) is 12.5 Å². The predicted molar refractivity (Wildman–Crippen MR) is 67.7 cm³/mol. The first kappa shape index (κ1) is 13.0. The number of hydrogen-bond donors (Lipinski definition) is 2. The Kier molecular flexibility index (Phi) is 4.28. The molecule has 1 saturated heterocycles. The molecule has 98 valence electrons. The molecule has 0 radical (unpaired) electrons. The van der Waals surface area contributed by atoms with Gasteiger partial charge in [-0.15, -0.1) is 0 Å². The number of rotatable bonds is 3. The zero-order chi connectivity index (χ0) is 13.0. The minimum absolute atomic E-state index is 0.0919. The predicted octanol–water partition coefficient (Wildman–Crippen LogP) is 0.0104. The molecule has 1 aliphatic heterocycles. The van der Waals surface area contributed by atoms with Gasteiger partial charge in [-0.3, -0.25) is 14.7 Å². The van der Waals surface area contributed by atoms with Gasteiger partial charge in [-0.05, 0) is 17.5 Å². The lowest BCUT2D eigenvalue weighted by Crippen LogP contribution is -2.46. The summed E-state index contributed by atoms with van der Waals surface area (Å²) < 4.78 is 0. The van der Waals surface area contributed by atoms with Crippen LogP contribution in [-0.2, 0) is 11.3 Å². The van der Waals surface area contributed by atoms with E-state index in [1.807, 2.05) is 17.0 Å². The summed E-state index contributed by atoms with van der Waals surface area (Å²) in [4.78, 5) is 18.0. The second-order valence-electron chi connectivity index (χ2n) is 4.84. The van der Waals surface area contributed by atoms with Gasteiger partial charge in [0.1, 0.15) is 6.04 Å². The number of aromatic nitrogens is 1. The lowest BCUT2D eigenvalue weighted by atomic mass is 10.1. The molecular formula is C13H19N3O2. The van der Waals surface area contributed by atoms with E-state index in [2.05, 4.69) is 17.2 Å².